The van der Waals surface area contributed by atoms with Gasteiger partial charge in [0.2, 0.25) is 0 Å². The highest BCUT2D eigenvalue weighted by Crippen LogP contribution is 2.44. The van der Waals surface area contributed by atoms with Crippen molar-refractivity contribution in [1.29, 1.82) is 0 Å². The number of hydrogen-bond acceptors (Lipinski definition) is 2. The number of allylic oxidation sites excluding steroid dienone is 5. The van der Waals surface area contributed by atoms with E-state index in [1.54, 1.807) is 14.2 Å². The summed E-state index contributed by atoms with van der Waals surface area (Å²) in [4.78, 5) is 0. The Kier molecular flexibility index (Phi) is 11.9. The van der Waals surface area contributed by atoms with E-state index in [0.717, 1.165) is 32.5 Å². The van der Waals surface area contributed by atoms with Crippen LogP contribution < -0.4 is 0 Å². The van der Waals surface area contributed by atoms with Crippen LogP contribution in [-0.4, -0.2) is 27.4 Å². The van der Waals surface area contributed by atoms with E-state index in [1.165, 1.54) is 73.6 Å². The predicted molar refractivity (Wildman–Crippen MR) is 134 cm³/mol. The van der Waals surface area contributed by atoms with Gasteiger partial charge in [-0.2, -0.15) is 0 Å². The molecular formula is C29H44O2. The number of hydrogen-bond donors (Lipinski definition) is 0. The fourth-order valence-corrected chi connectivity index (χ4v) is 4.90. The Labute approximate surface area is 191 Å². The standard InChI is InChI=1S/C29H44O2/c1-25-18-19-28-27(24-25)17-11-9-10-16-26(2)29(28,20-12-5-7-14-22-30-3)21-13-6-8-15-23-31-4/h9-11,16,18-19,24H,2,5-8,12-15,17,20-23H2,1,3-4H3/b11-9-,16-10-. The molecule has 0 saturated heterocycles. The minimum absolute atomic E-state index is 0.0358. The average molecular weight is 425 g/mol. The Morgan fingerprint density at radius 3 is 2.06 bits per heavy atom. The first kappa shape index (κ1) is 25.6. The normalized spacial score (nSPS) is 17.5. The topological polar surface area (TPSA) is 18.5 Å². The van der Waals surface area contributed by atoms with Gasteiger partial charge in [-0.1, -0.05) is 93.2 Å². The van der Waals surface area contributed by atoms with E-state index in [1.807, 2.05) is 0 Å². The lowest BCUT2D eigenvalue weighted by Crippen LogP contribution is -2.29. The van der Waals surface area contributed by atoms with Gasteiger partial charge in [-0.15, -0.1) is 0 Å². The van der Waals surface area contributed by atoms with Crippen LogP contribution in [0.15, 0.2) is 54.7 Å². The molecule has 2 heteroatoms. The van der Waals surface area contributed by atoms with Crippen LogP contribution in [0.5, 0.6) is 0 Å². The molecule has 0 spiro atoms. The molecule has 31 heavy (non-hydrogen) atoms. The van der Waals surface area contributed by atoms with Crippen molar-refractivity contribution in [3.63, 3.8) is 0 Å². The van der Waals surface area contributed by atoms with Crippen molar-refractivity contribution < 1.29 is 9.47 Å². The predicted octanol–water partition coefficient (Wildman–Crippen LogP) is 7.65. The fourth-order valence-electron chi connectivity index (χ4n) is 4.90. The van der Waals surface area contributed by atoms with E-state index in [0.29, 0.717) is 0 Å². The van der Waals surface area contributed by atoms with E-state index in [9.17, 15) is 0 Å². The number of benzene rings is 1. The minimum atomic E-state index is 0.0358. The molecule has 0 bridgehead atoms. The molecule has 2 nitrogen and oxygen atoms in total. The summed E-state index contributed by atoms with van der Waals surface area (Å²) in [5, 5.41) is 0. The number of ether oxygens (including phenoxy) is 2. The summed E-state index contributed by atoms with van der Waals surface area (Å²) in [6, 6.07) is 7.09. The van der Waals surface area contributed by atoms with Crippen LogP contribution in [0.3, 0.4) is 0 Å². The SMILES string of the molecule is C=C1/C=C\C=C/Cc2cc(C)ccc2C1(CCCCCCOC)CCCCCCOC. The zero-order valence-corrected chi connectivity index (χ0v) is 20.3. The van der Waals surface area contributed by atoms with Gasteiger partial charge in [0.25, 0.3) is 0 Å². The highest BCUT2D eigenvalue weighted by Gasteiger charge is 2.35. The summed E-state index contributed by atoms with van der Waals surface area (Å²) < 4.78 is 10.5. The number of unbranched alkanes of at least 4 members (excludes halogenated alkanes) is 6. The molecular weight excluding hydrogens is 380 g/mol. The maximum absolute atomic E-state index is 5.23. The van der Waals surface area contributed by atoms with Gasteiger partial charge in [0.05, 0.1) is 0 Å². The van der Waals surface area contributed by atoms with Crippen molar-refractivity contribution in [2.24, 2.45) is 0 Å². The lowest BCUT2D eigenvalue weighted by atomic mass is 9.66. The molecule has 0 amide bonds. The number of methoxy groups -OCH3 is 2. The van der Waals surface area contributed by atoms with E-state index < -0.39 is 0 Å². The highest BCUT2D eigenvalue weighted by atomic mass is 16.5. The Bertz CT molecular complexity index is 697. The first-order valence-corrected chi connectivity index (χ1v) is 12.2. The molecule has 1 aromatic rings. The van der Waals surface area contributed by atoms with Gasteiger partial charge in [0, 0.05) is 32.8 Å². The first-order chi connectivity index (χ1) is 15.1. The molecule has 0 atom stereocenters. The van der Waals surface area contributed by atoms with E-state index in [2.05, 4.69) is 56.0 Å². The van der Waals surface area contributed by atoms with Crippen LogP contribution in [0.25, 0.3) is 0 Å². The summed E-state index contributed by atoms with van der Waals surface area (Å²) >= 11 is 0. The average Bonchev–Trinajstić information content (AvgIpc) is 2.82. The molecule has 0 saturated carbocycles. The summed E-state index contributed by atoms with van der Waals surface area (Å²) in [6.07, 6.45) is 22.1. The van der Waals surface area contributed by atoms with Crippen molar-refractivity contribution in [1.82, 2.24) is 0 Å². The fraction of sp³-hybridized carbons (Fsp3) is 0.586. The van der Waals surface area contributed by atoms with Crippen LogP contribution in [0.2, 0.25) is 0 Å². The summed E-state index contributed by atoms with van der Waals surface area (Å²) in [5.74, 6) is 0. The van der Waals surface area contributed by atoms with Crippen molar-refractivity contribution >= 4 is 0 Å². The molecule has 0 heterocycles. The zero-order valence-electron chi connectivity index (χ0n) is 20.3. The van der Waals surface area contributed by atoms with Crippen molar-refractivity contribution in [2.45, 2.75) is 83.0 Å². The third-order valence-corrected chi connectivity index (χ3v) is 6.68. The largest absolute Gasteiger partial charge is 0.385 e. The van der Waals surface area contributed by atoms with Crippen LogP contribution >= 0.6 is 0 Å². The van der Waals surface area contributed by atoms with Gasteiger partial charge in [-0.25, -0.2) is 0 Å². The van der Waals surface area contributed by atoms with Gasteiger partial charge in [-0.3, -0.25) is 0 Å². The Morgan fingerprint density at radius 1 is 0.839 bits per heavy atom. The lowest BCUT2D eigenvalue weighted by Gasteiger charge is -2.38. The van der Waals surface area contributed by atoms with Crippen molar-refractivity contribution in [3.8, 4) is 0 Å². The van der Waals surface area contributed by atoms with Gasteiger partial charge in [-0.05, 0) is 55.7 Å². The molecule has 1 aliphatic carbocycles. The number of fused-ring (bicyclic) bond motifs is 1. The van der Waals surface area contributed by atoms with Crippen molar-refractivity contribution in [2.75, 3.05) is 27.4 Å². The molecule has 0 unspecified atom stereocenters. The summed E-state index contributed by atoms with van der Waals surface area (Å²) in [7, 11) is 3.59. The molecule has 0 fully saturated rings. The third-order valence-electron chi connectivity index (χ3n) is 6.68. The second kappa shape index (κ2) is 14.4. The third kappa shape index (κ3) is 8.09. The molecule has 1 aliphatic rings. The molecule has 0 N–H and O–H groups in total. The van der Waals surface area contributed by atoms with Crippen LogP contribution in [0.4, 0.5) is 0 Å². The Balaban J connectivity index is 2.25. The van der Waals surface area contributed by atoms with Crippen molar-refractivity contribution in [3.05, 3.63) is 71.3 Å². The minimum Gasteiger partial charge on any atom is -0.385 e. The first-order valence-electron chi connectivity index (χ1n) is 12.2. The molecule has 2 rings (SSSR count). The maximum Gasteiger partial charge on any atom is 0.0462 e. The van der Waals surface area contributed by atoms with Gasteiger partial charge in [0.15, 0.2) is 0 Å². The second-order valence-electron chi connectivity index (χ2n) is 9.07. The van der Waals surface area contributed by atoms with E-state index in [4.69, 9.17) is 9.47 Å². The lowest BCUT2D eigenvalue weighted by molar-refractivity contribution is 0.191. The Morgan fingerprint density at radius 2 is 1.45 bits per heavy atom. The maximum atomic E-state index is 5.23. The Hall–Kier alpha value is -1.64. The molecule has 172 valence electrons. The number of aryl methyl sites for hydroxylation is 1. The van der Waals surface area contributed by atoms with Crippen LogP contribution in [-0.2, 0) is 21.3 Å². The quantitative estimate of drug-likeness (QED) is 0.285. The second-order valence-corrected chi connectivity index (χ2v) is 9.07. The van der Waals surface area contributed by atoms with E-state index >= 15 is 0 Å². The zero-order chi connectivity index (χ0) is 22.4. The van der Waals surface area contributed by atoms with Gasteiger partial charge < -0.3 is 9.47 Å². The van der Waals surface area contributed by atoms with Gasteiger partial charge >= 0.3 is 0 Å². The van der Waals surface area contributed by atoms with Gasteiger partial charge in [0.1, 0.15) is 0 Å². The summed E-state index contributed by atoms with van der Waals surface area (Å²) in [5.41, 5.74) is 5.64. The van der Waals surface area contributed by atoms with E-state index in [-0.39, 0.29) is 5.41 Å². The van der Waals surface area contributed by atoms with Crippen LogP contribution in [0.1, 0.15) is 80.9 Å². The highest BCUT2D eigenvalue weighted by molar-refractivity contribution is 5.48. The molecule has 0 aliphatic heterocycles. The molecule has 1 aromatic carbocycles. The summed E-state index contributed by atoms with van der Waals surface area (Å²) in [6.45, 7) is 8.58. The smallest absolute Gasteiger partial charge is 0.0462 e. The number of rotatable bonds is 14. The molecule has 0 radical (unpaired) electrons. The molecule has 0 aromatic heterocycles. The monoisotopic (exact) mass is 424 g/mol. The van der Waals surface area contributed by atoms with Crippen LogP contribution in [0, 0.1) is 6.92 Å².